The largest absolute Gasteiger partial charge is 0.373 e. The molecule has 1 aromatic heterocycles. The van der Waals surface area contributed by atoms with Gasteiger partial charge in [-0.05, 0) is 18.1 Å². The highest BCUT2D eigenvalue weighted by Crippen LogP contribution is 2.12. The Bertz CT molecular complexity index is 230. The van der Waals surface area contributed by atoms with Crippen molar-refractivity contribution < 1.29 is 0 Å². The van der Waals surface area contributed by atoms with Crippen LogP contribution in [0.25, 0.3) is 0 Å². The van der Waals surface area contributed by atoms with E-state index in [0.29, 0.717) is 0 Å². The van der Waals surface area contributed by atoms with Crippen LogP contribution in [0.2, 0.25) is 0 Å². The van der Waals surface area contributed by atoms with Crippen molar-refractivity contribution in [2.45, 2.75) is 13.0 Å². The Labute approximate surface area is 73.0 Å². The summed E-state index contributed by atoms with van der Waals surface area (Å²) < 4.78 is 0. The van der Waals surface area contributed by atoms with Crippen LogP contribution in [-0.2, 0) is 0 Å². The highest BCUT2D eigenvalue weighted by atomic mass is 14.9. The Balaban J connectivity index is 2.77. The van der Waals surface area contributed by atoms with E-state index in [-0.39, 0.29) is 6.04 Å². The summed E-state index contributed by atoms with van der Waals surface area (Å²) >= 11 is 0. The lowest BCUT2D eigenvalue weighted by molar-refractivity contribution is 0.833. The van der Waals surface area contributed by atoms with Crippen LogP contribution in [0.4, 0.5) is 5.82 Å². The number of pyridine rings is 1. The Morgan fingerprint density at radius 3 is 2.75 bits per heavy atom. The molecule has 0 aliphatic heterocycles. The number of anilines is 1. The van der Waals surface area contributed by atoms with Gasteiger partial charge in [0, 0.05) is 19.3 Å². The second kappa shape index (κ2) is 4.07. The minimum Gasteiger partial charge on any atom is -0.373 e. The van der Waals surface area contributed by atoms with Crippen molar-refractivity contribution in [1.82, 2.24) is 4.98 Å². The zero-order chi connectivity index (χ0) is 8.97. The zero-order valence-electron chi connectivity index (χ0n) is 7.41. The van der Waals surface area contributed by atoms with Gasteiger partial charge in [-0.15, -0.1) is 0 Å². The summed E-state index contributed by atoms with van der Waals surface area (Å²) in [6.07, 6.45) is 3.73. The van der Waals surface area contributed by atoms with Gasteiger partial charge in [-0.25, -0.2) is 4.98 Å². The summed E-state index contributed by atoms with van der Waals surface area (Å²) in [6, 6.07) is 3.88. The number of nitrogens with one attached hydrogen (secondary N) is 1. The first-order chi connectivity index (χ1) is 5.77. The van der Waals surface area contributed by atoms with Crippen molar-refractivity contribution in [2.24, 2.45) is 5.73 Å². The van der Waals surface area contributed by atoms with E-state index in [0.717, 1.165) is 11.4 Å². The van der Waals surface area contributed by atoms with Gasteiger partial charge in [-0.1, -0.05) is 13.0 Å². The van der Waals surface area contributed by atoms with Crippen LogP contribution >= 0.6 is 0 Å². The van der Waals surface area contributed by atoms with Crippen molar-refractivity contribution in [3.8, 4) is 0 Å². The standard InChI is InChI=1S/C9H14N3/c1-3-8(10)7-4-5-9(11-2)12-6-7/h3-6,8H,10H2,1-2H3,(H,11,12). The first-order valence-corrected chi connectivity index (χ1v) is 3.96. The van der Waals surface area contributed by atoms with Gasteiger partial charge in [0.2, 0.25) is 0 Å². The molecular weight excluding hydrogens is 150 g/mol. The molecule has 1 atom stereocenters. The topological polar surface area (TPSA) is 50.9 Å². The van der Waals surface area contributed by atoms with Gasteiger partial charge in [0.25, 0.3) is 0 Å². The van der Waals surface area contributed by atoms with E-state index in [9.17, 15) is 0 Å². The van der Waals surface area contributed by atoms with Crippen LogP contribution in [-0.4, -0.2) is 12.0 Å². The fourth-order valence-corrected chi connectivity index (χ4v) is 0.943. The molecule has 0 saturated carbocycles. The highest BCUT2D eigenvalue weighted by Gasteiger charge is 2.02. The second-order valence-electron chi connectivity index (χ2n) is 2.59. The minimum atomic E-state index is -0.0107. The first-order valence-electron chi connectivity index (χ1n) is 3.96. The van der Waals surface area contributed by atoms with E-state index < -0.39 is 0 Å². The average molecular weight is 164 g/mol. The molecule has 1 heterocycles. The quantitative estimate of drug-likeness (QED) is 0.709. The molecule has 0 aromatic carbocycles. The van der Waals surface area contributed by atoms with Gasteiger partial charge < -0.3 is 11.1 Å². The zero-order valence-corrected chi connectivity index (χ0v) is 7.41. The van der Waals surface area contributed by atoms with Gasteiger partial charge in [0.05, 0.1) is 0 Å². The molecule has 65 valence electrons. The van der Waals surface area contributed by atoms with Gasteiger partial charge in [0.1, 0.15) is 5.82 Å². The molecule has 0 spiro atoms. The molecular formula is C9H14N3. The molecule has 1 radical (unpaired) electrons. The van der Waals surface area contributed by atoms with E-state index in [4.69, 9.17) is 5.73 Å². The maximum atomic E-state index is 5.77. The van der Waals surface area contributed by atoms with E-state index >= 15 is 0 Å². The number of nitrogens with two attached hydrogens (primary N) is 1. The lowest BCUT2D eigenvalue weighted by atomic mass is 10.1. The van der Waals surface area contributed by atoms with Crippen LogP contribution in [0.15, 0.2) is 18.3 Å². The number of nitrogens with zero attached hydrogens (tertiary/aromatic N) is 1. The normalized spacial score (nSPS) is 12.6. The fraction of sp³-hybridized carbons (Fsp3) is 0.333. The van der Waals surface area contributed by atoms with E-state index in [1.807, 2.05) is 32.5 Å². The smallest absolute Gasteiger partial charge is 0.125 e. The van der Waals surface area contributed by atoms with Crippen LogP contribution in [0.3, 0.4) is 0 Å². The van der Waals surface area contributed by atoms with Crippen molar-refractivity contribution in [2.75, 3.05) is 12.4 Å². The Morgan fingerprint density at radius 1 is 1.58 bits per heavy atom. The van der Waals surface area contributed by atoms with Crippen LogP contribution in [0.1, 0.15) is 18.5 Å². The molecule has 12 heavy (non-hydrogen) atoms. The third-order valence-electron chi connectivity index (χ3n) is 1.79. The molecule has 3 N–H and O–H groups in total. The predicted octanol–water partition coefficient (Wildman–Crippen LogP) is 1.35. The highest BCUT2D eigenvalue weighted by molar-refractivity contribution is 5.35. The minimum absolute atomic E-state index is 0.0107. The Hall–Kier alpha value is -1.09. The number of hydrogen-bond acceptors (Lipinski definition) is 3. The van der Waals surface area contributed by atoms with Crippen molar-refractivity contribution in [3.63, 3.8) is 0 Å². The van der Waals surface area contributed by atoms with Crippen LogP contribution in [0.5, 0.6) is 0 Å². The lowest BCUT2D eigenvalue weighted by Crippen LogP contribution is -2.09. The summed E-state index contributed by atoms with van der Waals surface area (Å²) in [5.41, 5.74) is 6.81. The number of aromatic nitrogens is 1. The third kappa shape index (κ3) is 1.95. The molecule has 3 heteroatoms. The maximum Gasteiger partial charge on any atom is 0.125 e. The van der Waals surface area contributed by atoms with Crippen LogP contribution in [0, 0.1) is 6.42 Å². The fourth-order valence-electron chi connectivity index (χ4n) is 0.943. The summed E-state index contributed by atoms with van der Waals surface area (Å²) in [6.45, 7) is 1.94. The molecule has 0 aliphatic carbocycles. The second-order valence-corrected chi connectivity index (χ2v) is 2.59. The molecule has 0 bridgehead atoms. The summed E-state index contributed by atoms with van der Waals surface area (Å²) in [7, 11) is 1.84. The summed E-state index contributed by atoms with van der Waals surface area (Å²) in [5.74, 6) is 0.863. The SMILES string of the molecule is C[CH]C(N)c1ccc(NC)nc1. The molecule has 1 unspecified atom stereocenters. The van der Waals surface area contributed by atoms with E-state index in [2.05, 4.69) is 10.3 Å². The maximum absolute atomic E-state index is 5.77. The molecule has 1 rings (SSSR count). The van der Waals surface area contributed by atoms with Crippen molar-refractivity contribution >= 4 is 5.82 Å². The van der Waals surface area contributed by atoms with Crippen molar-refractivity contribution in [1.29, 1.82) is 0 Å². The number of rotatable bonds is 3. The van der Waals surface area contributed by atoms with Gasteiger partial charge >= 0.3 is 0 Å². The lowest BCUT2D eigenvalue weighted by Gasteiger charge is -2.08. The first kappa shape index (κ1) is 9.00. The monoisotopic (exact) mass is 164 g/mol. The Morgan fingerprint density at radius 2 is 2.33 bits per heavy atom. The molecule has 0 saturated heterocycles. The number of hydrogen-bond donors (Lipinski definition) is 2. The molecule has 3 nitrogen and oxygen atoms in total. The third-order valence-corrected chi connectivity index (χ3v) is 1.79. The van der Waals surface area contributed by atoms with Crippen LogP contribution < -0.4 is 11.1 Å². The molecule has 0 aliphatic rings. The average Bonchev–Trinajstić information content (AvgIpc) is 2.17. The molecule has 0 fully saturated rings. The Kier molecular flexibility index (Phi) is 3.05. The van der Waals surface area contributed by atoms with Gasteiger partial charge in [-0.3, -0.25) is 0 Å². The van der Waals surface area contributed by atoms with E-state index in [1.165, 1.54) is 0 Å². The summed E-state index contributed by atoms with van der Waals surface area (Å²) in [4.78, 5) is 4.16. The van der Waals surface area contributed by atoms with E-state index in [1.54, 1.807) is 6.20 Å². The predicted molar refractivity (Wildman–Crippen MR) is 50.7 cm³/mol. The molecule has 1 aromatic rings. The van der Waals surface area contributed by atoms with Gasteiger partial charge in [-0.2, -0.15) is 0 Å². The van der Waals surface area contributed by atoms with Gasteiger partial charge in [0.15, 0.2) is 0 Å². The summed E-state index contributed by atoms with van der Waals surface area (Å²) in [5, 5.41) is 2.95. The van der Waals surface area contributed by atoms with Crippen molar-refractivity contribution in [3.05, 3.63) is 30.3 Å². The molecule has 0 amide bonds.